The molecule has 3 atom stereocenters. The van der Waals surface area contributed by atoms with Crippen molar-refractivity contribution in [2.75, 3.05) is 11.1 Å². The van der Waals surface area contributed by atoms with Crippen LogP contribution in [0.4, 0.5) is 12.0 Å². The molecule has 1 saturated carbocycles. The van der Waals surface area contributed by atoms with Gasteiger partial charge in [-0.3, -0.25) is 0 Å². The number of hydrogen-bond acceptors (Lipinski definition) is 5. The normalized spacial score (nSPS) is 32.0. The van der Waals surface area contributed by atoms with Crippen LogP contribution < -0.4 is 11.1 Å². The van der Waals surface area contributed by atoms with E-state index in [1.807, 2.05) is 0 Å². The van der Waals surface area contributed by atoms with Gasteiger partial charge < -0.3 is 15.5 Å². The first kappa shape index (κ1) is 9.30. The molecule has 0 aliphatic heterocycles. The van der Waals surface area contributed by atoms with Crippen molar-refractivity contribution in [2.24, 2.45) is 11.8 Å². The lowest BCUT2D eigenvalue weighted by Gasteiger charge is -2.17. The van der Waals surface area contributed by atoms with Crippen LogP contribution in [0.1, 0.15) is 26.7 Å². The third-order valence-corrected chi connectivity index (χ3v) is 3.21. The fraction of sp³-hybridized carbons (Fsp3) is 0.778. The van der Waals surface area contributed by atoms with Crippen molar-refractivity contribution in [3.63, 3.8) is 0 Å². The molecular weight excluding hydrogens is 180 g/mol. The van der Waals surface area contributed by atoms with Gasteiger partial charge in [0.05, 0.1) is 0 Å². The van der Waals surface area contributed by atoms with Gasteiger partial charge in [-0.15, -0.1) is 0 Å². The van der Waals surface area contributed by atoms with Crippen molar-refractivity contribution in [2.45, 2.75) is 32.7 Å². The van der Waals surface area contributed by atoms with Crippen molar-refractivity contribution in [1.82, 2.24) is 10.2 Å². The van der Waals surface area contributed by atoms with Gasteiger partial charge in [0.15, 0.2) is 0 Å². The lowest BCUT2D eigenvalue weighted by atomic mass is 9.98. The molecule has 2 rings (SSSR count). The Morgan fingerprint density at radius 3 is 2.64 bits per heavy atom. The Morgan fingerprint density at radius 1 is 1.36 bits per heavy atom. The standard InChI is InChI=1S/C9H16N4O/c1-5-3-4-7(6(5)2)11-9-13-12-8(10)14-9/h5-7H,3-4H2,1-2H3,(H2,10,12)(H,11,13). The van der Waals surface area contributed by atoms with Crippen molar-refractivity contribution >= 4 is 12.0 Å². The summed E-state index contributed by atoms with van der Waals surface area (Å²) in [5.74, 6) is 1.40. The number of nitrogens with two attached hydrogens (primary N) is 1. The van der Waals surface area contributed by atoms with E-state index in [9.17, 15) is 0 Å². The van der Waals surface area contributed by atoms with Crippen molar-refractivity contribution in [1.29, 1.82) is 0 Å². The molecule has 5 heteroatoms. The zero-order chi connectivity index (χ0) is 10.1. The molecule has 1 fully saturated rings. The molecule has 1 aromatic heterocycles. The van der Waals surface area contributed by atoms with Crippen LogP contribution in [0.15, 0.2) is 4.42 Å². The highest BCUT2D eigenvalue weighted by Crippen LogP contribution is 2.32. The number of anilines is 2. The summed E-state index contributed by atoms with van der Waals surface area (Å²) in [6, 6.07) is 0.990. The number of hydrogen-bond donors (Lipinski definition) is 2. The molecule has 0 aromatic carbocycles. The van der Waals surface area contributed by atoms with Gasteiger partial charge in [-0.1, -0.05) is 24.0 Å². The molecule has 0 amide bonds. The first-order valence-electron chi connectivity index (χ1n) is 5.02. The predicted octanol–water partition coefficient (Wildman–Crippen LogP) is 1.50. The fourth-order valence-electron chi connectivity index (χ4n) is 2.02. The Labute approximate surface area is 83.1 Å². The van der Waals surface area contributed by atoms with E-state index in [2.05, 4.69) is 29.4 Å². The SMILES string of the molecule is CC1CCC(Nc2nnc(N)o2)C1C. The smallest absolute Gasteiger partial charge is 0.317 e. The number of rotatable bonds is 2. The predicted molar refractivity (Wildman–Crippen MR) is 53.7 cm³/mol. The van der Waals surface area contributed by atoms with Crippen LogP contribution >= 0.6 is 0 Å². The summed E-state index contributed by atoms with van der Waals surface area (Å²) < 4.78 is 5.07. The Kier molecular flexibility index (Phi) is 2.31. The maximum absolute atomic E-state index is 5.33. The highest BCUT2D eigenvalue weighted by Gasteiger charge is 2.30. The van der Waals surface area contributed by atoms with Gasteiger partial charge in [0.2, 0.25) is 0 Å². The van der Waals surface area contributed by atoms with Gasteiger partial charge in [0.25, 0.3) is 0 Å². The van der Waals surface area contributed by atoms with Crippen LogP contribution in [-0.4, -0.2) is 16.2 Å². The third-order valence-electron chi connectivity index (χ3n) is 3.21. The molecule has 0 saturated heterocycles. The maximum atomic E-state index is 5.33. The monoisotopic (exact) mass is 196 g/mol. The van der Waals surface area contributed by atoms with Crippen LogP contribution in [0.5, 0.6) is 0 Å². The van der Waals surface area contributed by atoms with E-state index in [0.717, 1.165) is 12.3 Å². The molecular formula is C9H16N4O. The molecule has 1 aromatic rings. The molecule has 3 N–H and O–H groups in total. The lowest BCUT2D eigenvalue weighted by molar-refractivity contribution is 0.429. The summed E-state index contributed by atoms with van der Waals surface area (Å²) in [4.78, 5) is 0. The van der Waals surface area contributed by atoms with Gasteiger partial charge in [0.1, 0.15) is 0 Å². The molecule has 78 valence electrons. The minimum absolute atomic E-state index is 0.117. The van der Waals surface area contributed by atoms with Crippen LogP contribution in [0.25, 0.3) is 0 Å². The topological polar surface area (TPSA) is 77.0 Å². The van der Waals surface area contributed by atoms with Gasteiger partial charge in [-0.05, 0) is 24.7 Å². The Hall–Kier alpha value is -1.26. The van der Waals surface area contributed by atoms with E-state index in [1.54, 1.807) is 0 Å². The fourth-order valence-corrected chi connectivity index (χ4v) is 2.02. The van der Waals surface area contributed by atoms with Gasteiger partial charge in [-0.2, -0.15) is 0 Å². The maximum Gasteiger partial charge on any atom is 0.317 e. The van der Waals surface area contributed by atoms with Crippen molar-refractivity contribution < 1.29 is 4.42 Å². The van der Waals surface area contributed by atoms with E-state index in [4.69, 9.17) is 10.2 Å². The van der Waals surface area contributed by atoms with Crippen LogP contribution in [0.2, 0.25) is 0 Å². The average Bonchev–Trinajstić information content (AvgIpc) is 2.67. The number of nitrogen functional groups attached to an aromatic ring is 1. The minimum atomic E-state index is 0.117. The largest absolute Gasteiger partial charge is 0.390 e. The summed E-state index contributed by atoms with van der Waals surface area (Å²) in [5, 5.41) is 10.6. The second-order valence-electron chi connectivity index (χ2n) is 4.11. The van der Waals surface area contributed by atoms with E-state index >= 15 is 0 Å². The average molecular weight is 196 g/mol. The highest BCUT2D eigenvalue weighted by atomic mass is 16.4. The number of aromatic nitrogens is 2. The molecule has 0 bridgehead atoms. The summed E-state index contributed by atoms with van der Waals surface area (Å²) in [6.45, 7) is 4.52. The second kappa shape index (κ2) is 3.48. The molecule has 0 radical (unpaired) electrons. The zero-order valence-electron chi connectivity index (χ0n) is 8.53. The van der Waals surface area contributed by atoms with E-state index in [-0.39, 0.29) is 6.01 Å². The van der Waals surface area contributed by atoms with Gasteiger partial charge in [0, 0.05) is 6.04 Å². The van der Waals surface area contributed by atoms with E-state index < -0.39 is 0 Å². The molecule has 14 heavy (non-hydrogen) atoms. The van der Waals surface area contributed by atoms with Gasteiger partial charge >= 0.3 is 12.0 Å². The lowest BCUT2D eigenvalue weighted by Crippen LogP contribution is -2.24. The minimum Gasteiger partial charge on any atom is -0.390 e. The van der Waals surface area contributed by atoms with Crippen LogP contribution in [-0.2, 0) is 0 Å². The highest BCUT2D eigenvalue weighted by molar-refractivity contribution is 5.25. The van der Waals surface area contributed by atoms with Crippen LogP contribution in [0.3, 0.4) is 0 Å². The Balaban J connectivity index is 1.98. The van der Waals surface area contributed by atoms with Crippen LogP contribution in [0, 0.1) is 11.8 Å². The molecule has 3 unspecified atom stereocenters. The molecule has 1 heterocycles. The summed E-state index contributed by atoms with van der Waals surface area (Å²) in [5.41, 5.74) is 5.33. The van der Waals surface area contributed by atoms with E-state index in [1.165, 1.54) is 6.42 Å². The second-order valence-corrected chi connectivity index (χ2v) is 4.11. The molecule has 1 aliphatic rings. The Morgan fingerprint density at radius 2 is 2.14 bits per heavy atom. The first-order chi connectivity index (χ1) is 6.66. The molecule has 5 nitrogen and oxygen atoms in total. The van der Waals surface area contributed by atoms with Crippen molar-refractivity contribution in [3.05, 3.63) is 0 Å². The Bertz CT molecular complexity index is 312. The quantitative estimate of drug-likeness (QED) is 0.749. The molecule has 1 aliphatic carbocycles. The van der Waals surface area contributed by atoms with Gasteiger partial charge in [-0.25, -0.2) is 0 Å². The summed E-state index contributed by atoms with van der Waals surface area (Å²) in [7, 11) is 0. The van der Waals surface area contributed by atoms with E-state index in [0.29, 0.717) is 18.0 Å². The number of nitrogens with one attached hydrogen (secondary N) is 1. The third kappa shape index (κ3) is 1.66. The number of nitrogens with zero attached hydrogens (tertiary/aromatic N) is 2. The molecule has 0 spiro atoms. The zero-order valence-corrected chi connectivity index (χ0v) is 8.53. The van der Waals surface area contributed by atoms with Crippen molar-refractivity contribution in [3.8, 4) is 0 Å². The summed E-state index contributed by atoms with van der Waals surface area (Å²) in [6.07, 6.45) is 2.41. The first-order valence-corrected chi connectivity index (χ1v) is 5.02. The summed E-state index contributed by atoms with van der Waals surface area (Å²) >= 11 is 0.